The summed E-state index contributed by atoms with van der Waals surface area (Å²) < 4.78 is 10.6. The summed E-state index contributed by atoms with van der Waals surface area (Å²) in [5, 5.41) is 2.83. The highest BCUT2D eigenvalue weighted by Crippen LogP contribution is 2.33. The Morgan fingerprint density at radius 1 is 1.07 bits per heavy atom. The van der Waals surface area contributed by atoms with Crippen molar-refractivity contribution in [1.29, 1.82) is 0 Å². The van der Waals surface area contributed by atoms with E-state index in [1.54, 1.807) is 25.2 Å². The van der Waals surface area contributed by atoms with E-state index >= 15 is 0 Å². The van der Waals surface area contributed by atoms with E-state index in [9.17, 15) is 9.59 Å². The normalized spacial score (nSPS) is 13.8. The molecule has 6 nitrogen and oxygen atoms in total. The number of ether oxygens (including phenoxy) is 2. The summed E-state index contributed by atoms with van der Waals surface area (Å²) in [5.41, 5.74) is 2.93. The van der Waals surface area contributed by atoms with E-state index < -0.39 is 5.92 Å². The van der Waals surface area contributed by atoms with Gasteiger partial charge in [0.2, 0.25) is 11.8 Å². The van der Waals surface area contributed by atoms with E-state index in [4.69, 9.17) is 9.47 Å². The average molecular weight is 396 g/mol. The maximum Gasteiger partial charge on any atom is 0.246 e. The van der Waals surface area contributed by atoms with Crippen molar-refractivity contribution < 1.29 is 19.1 Å². The molecule has 0 saturated heterocycles. The molecule has 1 unspecified atom stereocenters. The second kappa shape index (κ2) is 8.99. The molecule has 2 aromatic carbocycles. The van der Waals surface area contributed by atoms with Crippen LogP contribution in [0.3, 0.4) is 0 Å². The van der Waals surface area contributed by atoms with Gasteiger partial charge in [-0.15, -0.1) is 0 Å². The second-order valence-corrected chi connectivity index (χ2v) is 7.48. The largest absolute Gasteiger partial charge is 0.493 e. The number of carbonyl (C=O) groups is 2. The van der Waals surface area contributed by atoms with Crippen LogP contribution in [0.15, 0.2) is 42.5 Å². The molecule has 0 aliphatic carbocycles. The van der Waals surface area contributed by atoms with Gasteiger partial charge in [0.05, 0.1) is 26.7 Å². The Hall–Kier alpha value is -3.02. The Bertz CT molecular complexity index is 894. The molecule has 0 aromatic heterocycles. The number of anilines is 1. The summed E-state index contributed by atoms with van der Waals surface area (Å²) in [6.45, 7) is 4.60. The van der Waals surface area contributed by atoms with Gasteiger partial charge in [-0.05, 0) is 41.7 Å². The van der Waals surface area contributed by atoms with Crippen molar-refractivity contribution in [1.82, 2.24) is 5.32 Å². The van der Waals surface area contributed by atoms with Gasteiger partial charge in [0.15, 0.2) is 11.5 Å². The first kappa shape index (κ1) is 20.7. The summed E-state index contributed by atoms with van der Waals surface area (Å²) in [5.74, 6) is 0.575. The van der Waals surface area contributed by atoms with Crippen molar-refractivity contribution >= 4 is 17.5 Å². The van der Waals surface area contributed by atoms with Gasteiger partial charge >= 0.3 is 0 Å². The van der Waals surface area contributed by atoms with Crippen LogP contribution in [0.1, 0.15) is 30.9 Å². The molecule has 0 bridgehead atoms. The van der Waals surface area contributed by atoms with E-state index in [0.717, 1.165) is 23.2 Å². The van der Waals surface area contributed by atoms with E-state index in [1.165, 1.54) is 0 Å². The summed E-state index contributed by atoms with van der Waals surface area (Å²) in [4.78, 5) is 27.4. The minimum absolute atomic E-state index is 0.0241. The van der Waals surface area contributed by atoms with Gasteiger partial charge in [-0.2, -0.15) is 0 Å². The third-order valence-corrected chi connectivity index (χ3v) is 5.32. The Morgan fingerprint density at radius 3 is 2.48 bits per heavy atom. The molecule has 29 heavy (non-hydrogen) atoms. The van der Waals surface area contributed by atoms with Crippen LogP contribution >= 0.6 is 0 Å². The van der Waals surface area contributed by atoms with Crippen molar-refractivity contribution in [2.75, 3.05) is 32.2 Å². The highest BCUT2D eigenvalue weighted by Gasteiger charge is 2.28. The van der Waals surface area contributed by atoms with Crippen LogP contribution in [0, 0.1) is 5.92 Å². The highest BCUT2D eigenvalue weighted by atomic mass is 16.5. The van der Waals surface area contributed by atoms with Crippen molar-refractivity contribution in [3.05, 3.63) is 53.6 Å². The minimum Gasteiger partial charge on any atom is -0.493 e. The number of rotatable bonds is 7. The van der Waals surface area contributed by atoms with E-state index in [1.807, 2.05) is 50.2 Å². The summed E-state index contributed by atoms with van der Waals surface area (Å²) in [6, 6.07) is 13.4. The molecular formula is C23H28N2O4. The Kier molecular flexibility index (Phi) is 6.42. The Balaban J connectivity index is 1.70. The zero-order chi connectivity index (χ0) is 21.0. The molecule has 6 heteroatoms. The number of nitrogens with zero attached hydrogens (tertiary/aromatic N) is 1. The molecule has 1 N–H and O–H groups in total. The number of methoxy groups -OCH3 is 2. The molecule has 0 fully saturated rings. The topological polar surface area (TPSA) is 67.9 Å². The Labute approximate surface area is 171 Å². The molecule has 3 rings (SSSR count). The molecule has 1 aliphatic heterocycles. The smallest absolute Gasteiger partial charge is 0.246 e. The SMILES string of the molecule is COc1ccc(C(C(=O)NCC(=O)N2CCc3ccccc32)C(C)C)cc1OC. The second-order valence-electron chi connectivity index (χ2n) is 7.48. The summed E-state index contributed by atoms with van der Waals surface area (Å²) in [7, 11) is 3.14. The van der Waals surface area contributed by atoms with Crippen molar-refractivity contribution in [3.8, 4) is 11.5 Å². The number of hydrogen-bond acceptors (Lipinski definition) is 4. The first-order valence-electron chi connectivity index (χ1n) is 9.84. The van der Waals surface area contributed by atoms with Crippen molar-refractivity contribution in [2.45, 2.75) is 26.2 Å². The van der Waals surface area contributed by atoms with Crippen LogP contribution in [-0.2, 0) is 16.0 Å². The molecule has 0 radical (unpaired) electrons. The molecule has 0 spiro atoms. The third kappa shape index (κ3) is 4.36. The molecule has 0 saturated carbocycles. The first-order chi connectivity index (χ1) is 14.0. The fourth-order valence-corrected chi connectivity index (χ4v) is 3.85. The van der Waals surface area contributed by atoms with E-state index in [0.29, 0.717) is 18.0 Å². The van der Waals surface area contributed by atoms with Gasteiger partial charge in [-0.3, -0.25) is 9.59 Å². The van der Waals surface area contributed by atoms with E-state index in [2.05, 4.69) is 5.32 Å². The molecule has 154 valence electrons. The van der Waals surface area contributed by atoms with Crippen molar-refractivity contribution in [2.24, 2.45) is 5.92 Å². The summed E-state index contributed by atoms with van der Waals surface area (Å²) >= 11 is 0. The molecule has 1 heterocycles. The van der Waals surface area contributed by atoms with Gasteiger partial charge in [0.25, 0.3) is 0 Å². The monoisotopic (exact) mass is 396 g/mol. The lowest BCUT2D eigenvalue weighted by molar-refractivity contribution is -0.126. The molecular weight excluding hydrogens is 368 g/mol. The maximum absolute atomic E-state index is 13.0. The van der Waals surface area contributed by atoms with Crippen LogP contribution in [0.5, 0.6) is 11.5 Å². The van der Waals surface area contributed by atoms with Gasteiger partial charge in [-0.25, -0.2) is 0 Å². The number of amides is 2. The third-order valence-electron chi connectivity index (χ3n) is 5.32. The Morgan fingerprint density at radius 2 is 1.79 bits per heavy atom. The molecule has 1 aliphatic rings. The fraction of sp³-hybridized carbons (Fsp3) is 0.391. The lowest BCUT2D eigenvalue weighted by atomic mass is 9.87. The van der Waals surface area contributed by atoms with Crippen LogP contribution in [0.4, 0.5) is 5.69 Å². The minimum atomic E-state index is -0.395. The maximum atomic E-state index is 13.0. The predicted octanol–water partition coefficient (Wildman–Crippen LogP) is 3.15. The van der Waals surface area contributed by atoms with Crippen LogP contribution in [-0.4, -0.2) is 39.1 Å². The summed E-state index contributed by atoms with van der Waals surface area (Å²) in [6.07, 6.45) is 0.843. The van der Waals surface area contributed by atoms with Gasteiger partial charge < -0.3 is 19.7 Å². The number of para-hydroxylation sites is 1. The quantitative estimate of drug-likeness (QED) is 0.781. The number of hydrogen-bond donors (Lipinski definition) is 1. The number of fused-ring (bicyclic) bond motifs is 1. The number of benzene rings is 2. The molecule has 1 atom stereocenters. The highest BCUT2D eigenvalue weighted by molar-refractivity contribution is 5.99. The van der Waals surface area contributed by atoms with Crippen LogP contribution in [0.25, 0.3) is 0 Å². The molecule has 2 amide bonds. The molecule has 2 aromatic rings. The lowest BCUT2D eigenvalue weighted by Crippen LogP contribution is -2.41. The zero-order valence-corrected chi connectivity index (χ0v) is 17.4. The van der Waals surface area contributed by atoms with Crippen LogP contribution in [0.2, 0.25) is 0 Å². The lowest BCUT2D eigenvalue weighted by Gasteiger charge is -2.23. The van der Waals surface area contributed by atoms with Gasteiger partial charge in [-0.1, -0.05) is 38.1 Å². The number of nitrogens with one attached hydrogen (secondary N) is 1. The fourth-order valence-electron chi connectivity index (χ4n) is 3.85. The van der Waals surface area contributed by atoms with Gasteiger partial charge in [0.1, 0.15) is 0 Å². The van der Waals surface area contributed by atoms with Gasteiger partial charge in [0, 0.05) is 12.2 Å². The predicted molar refractivity (Wildman–Crippen MR) is 113 cm³/mol. The number of carbonyl (C=O) groups excluding carboxylic acids is 2. The first-order valence-corrected chi connectivity index (χ1v) is 9.84. The van der Waals surface area contributed by atoms with Crippen molar-refractivity contribution in [3.63, 3.8) is 0 Å². The zero-order valence-electron chi connectivity index (χ0n) is 17.4. The standard InChI is InChI=1S/C23H28N2O4/c1-15(2)22(17-9-10-19(28-3)20(13-17)29-4)23(27)24-14-21(26)25-12-11-16-7-5-6-8-18(16)25/h5-10,13,15,22H,11-12,14H2,1-4H3,(H,24,27). The van der Waals surface area contributed by atoms with E-state index in [-0.39, 0.29) is 24.3 Å². The average Bonchev–Trinajstić information content (AvgIpc) is 3.16. The van der Waals surface area contributed by atoms with Crippen LogP contribution < -0.4 is 19.7 Å².